The normalized spacial score (nSPS) is 11.5. The summed E-state index contributed by atoms with van der Waals surface area (Å²) in [5, 5.41) is 14.2. The van der Waals surface area contributed by atoms with Gasteiger partial charge in [-0.15, -0.1) is 0 Å². The molecule has 3 aromatic rings. The van der Waals surface area contributed by atoms with Gasteiger partial charge in [-0.2, -0.15) is 13.2 Å². The van der Waals surface area contributed by atoms with Crippen molar-refractivity contribution in [1.82, 2.24) is 10.2 Å². The van der Waals surface area contributed by atoms with Crippen LogP contribution in [0.1, 0.15) is 27.0 Å². The van der Waals surface area contributed by atoms with Crippen LogP contribution < -0.4 is 10.6 Å². The van der Waals surface area contributed by atoms with Crippen LogP contribution in [0, 0.1) is 0 Å². The summed E-state index contributed by atoms with van der Waals surface area (Å²) in [5.41, 5.74) is 0.478. The molecule has 0 fully saturated rings. The van der Waals surface area contributed by atoms with Gasteiger partial charge >= 0.3 is 24.2 Å². The topological polar surface area (TPSA) is 151 Å². The highest BCUT2D eigenvalue weighted by molar-refractivity contribution is 5.98. The maximum Gasteiger partial charge on any atom is 0.416 e. The lowest BCUT2D eigenvalue weighted by Crippen LogP contribution is -2.49. The summed E-state index contributed by atoms with van der Waals surface area (Å²) < 4.78 is 48.5. The Balaban J connectivity index is 1.62. The number of nitrogens with zero attached hydrogens (tertiary/aromatic N) is 1. The molecule has 0 bridgehead atoms. The highest BCUT2D eigenvalue weighted by atomic mass is 19.4. The van der Waals surface area contributed by atoms with Crippen LogP contribution in [0.3, 0.4) is 0 Å². The quantitative estimate of drug-likeness (QED) is 0.260. The van der Waals surface area contributed by atoms with E-state index in [1.807, 2.05) is 18.2 Å². The molecule has 0 spiro atoms. The Morgan fingerprint density at radius 3 is 2.07 bits per heavy atom. The van der Waals surface area contributed by atoms with E-state index in [1.165, 1.54) is 0 Å². The fourth-order valence-corrected chi connectivity index (χ4v) is 3.93. The van der Waals surface area contributed by atoms with Gasteiger partial charge in [0.25, 0.3) is 5.91 Å². The number of carboxylic acid groups (broad SMARTS) is 1. The third-order valence-electron chi connectivity index (χ3n) is 6.08. The number of aliphatic carboxylic acids is 1. The number of carbonyl (C=O) groups excluding carboxylic acids is 4. The molecule has 0 aromatic heterocycles. The van der Waals surface area contributed by atoms with Crippen molar-refractivity contribution in [3.05, 3.63) is 101 Å². The first kappa shape index (κ1) is 33.1. The number of rotatable bonds is 12. The standard InChI is InChI=1S/C30H28F3N3O8/c1-43-28(41)24(15-19-7-13-23(14-8-19)34-29(42)44-18-20-5-3-2-4-6-20)35-25(37)16-36(17-26(38)39)27(40)21-9-11-22(12-10-21)30(31,32)33/h2-14,24H,15-18H2,1H3,(H,34,42)(H,35,37)(H,38,39)/t24-/m0/s1. The Hall–Kier alpha value is -5.40. The number of alkyl halides is 3. The second kappa shape index (κ2) is 15.2. The first-order chi connectivity index (χ1) is 20.8. The number of carboxylic acids is 1. The van der Waals surface area contributed by atoms with Crippen molar-refractivity contribution in [3.8, 4) is 0 Å². The molecule has 0 aliphatic heterocycles. The molecular formula is C30H28F3N3O8. The summed E-state index contributed by atoms with van der Waals surface area (Å²) in [6, 6.07) is 17.2. The van der Waals surface area contributed by atoms with Crippen LogP contribution in [-0.4, -0.2) is 66.1 Å². The minimum Gasteiger partial charge on any atom is -0.480 e. The van der Waals surface area contributed by atoms with Crippen molar-refractivity contribution in [2.24, 2.45) is 0 Å². The number of carbonyl (C=O) groups is 5. The minimum absolute atomic E-state index is 0.0665. The third-order valence-corrected chi connectivity index (χ3v) is 6.08. The molecule has 0 radical (unpaired) electrons. The van der Waals surface area contributed by atoms with Crippen LogP contribution in [0.4, 0.5) is 23.7 Å². The number of methoxy groups -OCH3 is 1. The van der Waals surface area contributed by atoms with Gasteiger partial charge in [0.1, 0.15) is 25.7 Å². The monoisotopic (exact) mass is 615 g/mol. The van der Waals surface area contributed by atoms with Gasteiger partial charge in [-0.25, -0.2) is 9.59 Å². The van der Waals surface area contributed by atoms with Crippen molar-refractivity contribution in [3.63, 3.8) is 0 Å². The summed E-state index contributed by atoms with van der Waals surface area (Å²) >= 11 is 0. The van der Waals surface area contributed by atoms with Crippen molar-refractivity contribution >= 4 is 35.5 Å². The van der Waals surface area contributed by atoms with Gasteiger partial charge in [0.05, 0.1) is 12.7 Å². The van der Waals surface area contributed by atoms with Crippen LogP contribution in [0.5, 0.6) is 0 Å². The molecule has 11 nitrogen and oxygen atoms in total. The molecular weight excluding hydrogens is 587 g/mol. The fraction of sp³-hybridized carbons (Fsp3) is 0.233. The molecule has 0 saturated heterocycles. The van der Waals surface area contributed by atoms with Gasteiger partial charge in [0, 0.05) is 17.7 Å². The Morgan fingerprint density at radius 2 is 1.50 bits per heavy atom. The average molecular weight is 616 g/mol. The van der Waals surface area contributed by atoms with E-state index in [2.05, 4.69) is 10.6 Å². The Labute approximate surface area is 249 Å². The van der Waals surface area contributed by atoms with Crippen LogP contribution in [0.25, 0.3) is 0 Å². The molecule has 0 aliphatic rings. The summed E-state index contributed by atoms with van der Waals surface area (Å²) in [4.78, 5) is 62.1. The molecule has 3 amide bonds. The van der Waals surface area contributed by atoms with Crippen LogP contribution in [-0.2, 0) is 43.1 Å². The minimum atomic E-state index is -4.64. The van der Waals surface area contributed by atoms with E-state index in [0.717, 1.165) is 24.8 Å². The SMILES string of the molecule is COC(=O)[C@H](Cc1ccc(NC(=O)OCc2ccccc2)cc1)NC(=O)CN(CC(=O)O)C(=O)c1ccc(C(F)(F)F)cc1. The molecule has 0 saturated carbocycles. The van der Waals surface area contributed by atoms with Crippen molar-refractivity contribution in [1.29, 1.82) is 0 Å². The van der Waals surface area contributed by atoms with Crippen molar-refractivity contribution in [2.45, 2.75) is 25.2 Å². The number of anilines is 1. The first-order valence-corrected chi connectivity index (χ1v) is 13.0. The molecule has 0 unspecified atom stereocenters. The number of esters is 1. The zero-order chi connectivity index (χ0) is 32.3. The largest absolute Gasteiger partial charge is 0.480 e. The van der Waals surface area contributed by atoms with E-state index in [4.69, 9.17) is 9.47 Å². The molecule has 44 heavy (non-hydrogen) atoms. The molecule has 1 atom stereocenters. The van der Waals surface area contributed by atoms with Crippen LogP contribution in [0.2, 0.25) is 0 Å². The number of halogens is 3. The van der Waals surface area contributed by atoms with Crippen LogP contribution >= 0.6 is 0 Å². The Morgan fingerprint density at radius 1 is 0.864 bits per heavy atom. The van der Waals surface area contributed by atoms with E-state index in [-0.39, 0.29) is 18.6 Å². The summed E-state index contributed by atoms with van der Waals surface area (Å²) in [5.74, 6) is -4.22. The average Bonchev–Trinajstić information content (AvgIpc) is 2.99. The smallest absolute Gasteiger partial charge is 0.416 e. The zero-order valence-electron chi connectivity index (χ0n) is 23.3. The molecule has 3 N–H and O–H groups in total. The first-order valence-electron chi connectivity index (χ1n) is 13.0. The van der Waals surface area contributed by atoms with Crippen LogP contribution in [0.15, 0.2) is 78.9 Å². The number of amides is 3. The summed E-state index contributed by atoms with van der Waals surface area (Å²) in [7, 11) is 1.10. The summed E-state index contributed by atoms with van der Waals surface area (Å²) in [6.07, 6.45) is -5.39. The number of nitrogens with one attached hydrogen (secondary N) is 2. The number of hydrogen-bond donors (Lipinski definition) is 3. The second-order valence-corrected chi connectivity index (χ2v) is 9.36. The second-order valence-electron chi connectivity index (χ2n) is 9.36. The lowest BCUT2D eigenvalue weighted by molar-refractivity contribution is -0.145. The van der Waals surface area contributed by atoms with Gasteiger partial charge in [0.2, 0.25) is 5.91 Å². The van der Waals surface area contributed by atoms with Gasteiger partial charge in [0.15, 0.2) is 0 Å². The predicted molar refractivity (Wildman–Crippen MR) is 149 cm³/mol. The molecule has 0 heterocycles. The van der Waals surface area contributed by atoms with E-state index in [1.54, 1.807) is 36.4 Å². The Kier molecular flexibility index (Phi) is 11.4. The van der Waals surface area contributed by atoms with E-state index < -0.39 is 60.7 Å². The highest BCUT2D eigenvalue weighted by Gasteiger charge is 2.31. The number of hydrogen-bond acceptors (Lipinski definition) is 7. The Bertz CT molecular complexity index is 1460. The molecule has 14 heteroatoms. The number of benzene rings is 3. The highest BCUT2D eigenvalue weighted by Crippen LogP contribution is 2.29. The maximum atomic E-state index is 12.9. The molecule has 3 aromatic carbocycles. The zero-order valence-corrected chi connectivity index (χ0v) is 23.3. The predicted octanol–water partition coefficient (Wildman–Crippen LogP) is 3.88. The van der Waals surface area contributed by atoms with Gasteiger partial charge in [-0.05, 0) is 47.5 Å². The third kappa shape index (κ3) is 10.2. The lowest BCUT2D eigenvalue weighted by atomic mass is 10.1. The van der Waals surface area contributed by atoms with E-state index in [9.17, 15) is 42.3 Å². The lowest BCUT2D eigenvalue weighted by Gasteiger charge is -2.23. The molecule has 3 rings (SSSR count). The number of ether oxygens (including phenoxy) is 2. The van der Waals surface area contributed by atoms with Crippen molar-refractivity contribution < 1.29 is 51.7 Å². The molecule has 232 valence electrons. The van der Waals surface area contributed by atoms with Gasteiger partial charge in [-0.3, -0.25) is 19.7 Å². The maximum absolute atomic E-state index is 12.9. The van der Waals surface area contributed by atoms with Gasteiger partial charge < -0.3 is 24.8 Å². The molecule has 0 aliphatic carbocycles. The van der Waals surface area contributed by atoms with Gasteiger partial charge in [-0.1, -0.05) is 42.5 Å². The fourth-order valence-electron chi connectivity index (χ4n) is 3.93. The van der Waals surface area contributed by atoms with E-state index in [0.29, 0.717) is 28.3 Å². The van der Waals surface area contributed by atoms with E-state index >= 15 is 0 Å². The van der Waals surface area contributed by atoms with Crippen molar-refractivity contribution in [2.75, 3.05) is 25.5 Å². The summed E-state index contributed by atoms with van der Waals surface area (Å²) in [6.45, 7) is -1.67.